The quantitative estimate of drug-likeness (QED) is 0.457. The molecule has 35 heavy (non-hydrogen) atoms. The van der Waals surface area contributed by atoms with E-state index in [9.17, 15) is 19.1 Å². The maximum absolute atomic E-state index is 13.3. The van der Waals surface area contributed by atoms with Gasteiger partial charge in [0.25, 0.3) is 11.5 Å². The molecule has 1 saturated heterocycles. The van der Waals surface area contributed by atoms with Crippen molar-refractivity contribution in [3.05, 3.63) is 76.6 Å². The van der Waals surface area contributed by atoms with Gasteiger partial charge in [-0.25, -0.2) is 9.37 Å². The highest BCUT2D eigenvalue weighted by Crippen LogP contribution is 2.27. The van der Waals surface area contributed by atoms with Gasteiger partial charge in [-0.1, -0.05) is 0 Å². The van der Waals surface area contributed by atoms with E-state index in [1.165, 1.54) is 23.0 Å². The number of ether oxygens (including phenoxy) is 1. The number of aromatic amines is 1. The zero-order valence-electron chi connectivity index (χ0n) is 19.1. The van der Waals surface area contributed by atoms with Crippen LogP contribution in [0.1, 0.15) is 23.2 Å². The molecule has 0 unspecified atom stereocenters. The molecule has 4 aromatic rings. The smallest absolute Gasteiger partial charge is 0.279 e. The summed E-state index contributed by atoms with van der Waals surface area (Å²) in [7, 11) is 1.57. The topological polar surface area (TPSA) is 113 Å². The summed E-state index contributed by atoms with van der Waals surface area (Å²) in [6, 6.07) is 12.7. The van der Waals surface area contributed by atoms with Crippen molar-refractivity contribution in [2.75, 3.05) is 20.2 Å². The number of rotatable bonds is 5. The Morgan fingerprint density at radius 2 is 1.83 bits per heavy atom. The van der Waals surface area contributed by atoms with Gasteiger partial charge in [0.05, 0.1) is 25.6 Å². The van der Waals surface area contributed by atoms with E-state index in [0.29, 0.717) is 54.0 Å². The van der Waals surface area contributed by atoms with Gasteiger partial charge in [0.2, 0.25) is 0 Å². The molecule has 0 saturated carbocycles. The Kier molecular flexibility index (Phi) is 5.81. The molecule has 2 N–H and O–H groups in total. The average Bonchev–Trinajstić information content (AvgIpc) is 3.31. The number of aliphatic hydroxyl groups is 1. The number of methoxy groups -OCH3 is 1. The maximum Gasteiger partial charge on any atom is 0.279 e. The summed E-state index contributed by atoms with van der Waals surface area (Å²) in [5.74, 6) is 0.197. The van der Waals surface area contributed by atoms with Gasteiger partial charge in [-0.2, -0.15) is 5.10 Å². The molecule has 0 bridgehead atoms. The van der Waals surface area contributed by atoms with Crippen molar-refractivity contribution >= 4 is 16.9 Å². The zero-order valence-corrected chi connectivity index (χ0v) is 19.1. The Bertz CT molecular complexity index is 1420. The number of likely N-dealkylation sites (tertiary alicyclic amines) is 1. The van der Waals surface area contributed by atoms with Crippen molar-refractivity contribution in [1.82, 2.24) is 24.6 Å². The van der Waals surface area contributed by atoms with E-state index in [-0.39, 0.29) is 29.3 Å². The monoisotopic (exact) mass is 477 g/mol. The van der Waals surface area contributed by atoms with Gasteiger partial charge in [-0.15, -0.1) is 0 Å². The number of nitrogens with zero attached hydrogens (tertiary/aromatic N) is 4. The highest BCUT2D eigenvalue weighted by molar-refractivity contribution is 5.94. The van der Waals surface area contributed by atoms with Crippen LogP contribution in [0.15, 0.2) is 59.7 Å². The fourth-order valence-corrected chi connectivity index (χ4v) is 4.37. The number of amides is 1. The van der Waals surface area contributed by atoms with E-state index in [1.807, 2.05) is 0 Å². The fraction of sp³-hybridized carbons (Fsp3) is 0.280. The van der Waals surface area contributed by atoms with Crippen molar-refractivity contribution in [2.24, 2.45) is 0 Å². The minimum atomic E-state index is -1.16. The highest BCUT2D eigenvalue weighted by Gasteiger charge is 2.35. The molecule has 3 heterocycles. The largest absolute Gasteiger partial charge is 0.497 e. The van der Waals surface area contributed by atoms with Gasteiger partial charge in [0, 0.05) is 24.2 Å². The van der Waals surface area contributed by atoms with E-state index < -0.39 is 5.60 Å². The summed E-state index contributed by atoms with van der Waals surface area (Å²) >= 11 is 0. The first-order valence-corrected chi connectivity index (χ1v) is 11.2. The van der Waals surface area contributed by atoms with Crippen LogP contribution in [0.3, 0.4) is 0 Å². The van der Waals surface area contributed by atoms with Gasteiger partial charge in [0.1, 0.15) is 28.3 Å². The zero-order chi connectivity index (χ0) is 24.6. The Labute approximate surface area is 199 Å². The van der Waals surface area contributed by atoms with E-state index in [4.69, 9.17) is 4.74 Å². The van der Waals surface area contributed by atoms with E-state index in [2.05, 4.69) is 15.2 Å². The number of nitrogens with one attached hydrogen (secondary N) is 1. The van der Waals surface area contributed by atoms with Gasteiger partial charge in [0.15, 0.2) is 0 Å². The Morgan fingerprint density at radius 1 is 1.14 bits per heavy atom. The third-order valence-electron chi connectivity index (χ3n) is 6.44. The molecular weight excluding hydrogens is 453 g/mol. The Balaban J connectivity index is 1.30. The van der Waals surface area contributed by atoms with E-state index in [0.717, 1.165) is 0 Å². The number of carbonyl (C=O) groups excluding carboxylic acids is 1. The minimum absolute atomic E-state index is 0.0459. The highest BCUT2D eigenvalue weighted by atomic mass is 19.1. The maximum atomic E-state index is 13.3. The lowest BCUT2D eigenvalue weighted by molar-refractivity contribution is -0.0299. The summed E-state index contributed by atoms with van der Waals surface area (Å²) in [4.78, 5) is 32.0. The molecule has 1 aliphatic rings. The predicted molar refractivity (Wildman–Crippen MR) is 127 cm³/mol. The van der Waals surface area contributed by atoms with Crippen molar-refractivity contribution in [2.45, 2.75) is 25.0 Å². The molecule has 10 heteroatoms. The first kappa shape index (κ1) is 22.7. The number of H-pyrrole nitrogens is 1. The molecule has 0 atom stereocenters. The van der Waals surface area contributed by atoms with Crippen LogP contribution >= 0.6 is 0 Å². The predicted octanol–water partition coefficient (Wildman–Crippen LogP) is 2.60. The van der Waals surface area contributed by atoms with Crippen molar-refractivity contribution < 1.29 is 19.0 Å². The Hall–Kier alpha value is -4.05. The van der Waals surface area contributed by atoms with Crippen LogP contribution in [-0.4, -0.2) is 61.5 Å². The number of hydrogen-bond acceptors (Lipinski definition) is 6. The number of carbonyl (C=O) groups is 1. The summed E-state index contributed by atoms with van der Waals surface area (Å²) in [6.07, 6.45) is 2.03. The molecule has 1 fully saturated rings. The number of halogens is 1. The van der Waals surface area contributed by atoms with E-state index >= 15 is 0 Å². The van der Waals surface area contributed by atoms with E-state index in [1.54, 1.807) is 48.4 Å². The lowest BCUT2D eigenvalue weighted by atomic mass is 9.91. The van der Waals surface area contributed by atoms with Crippen molar-refractivity contribution in [3.63, 3.8) is 0 Å². The second kappa shape index (κ2) is 8.95. The minimum Gasteiger partial charge on any atom is -0.497 e. The normalized spacial score (nSPS) is 15.3. The van der Waals surface area contributed by atoms with Crippen molar-refractivity contribution in [3.8, 4) is 17.0 Å². The standard InChI is InChI=1S/C25H24FN5O4/c1-35-19-8-4-17(5-9-19)23(32)30-12-10-25(34,11-13-30)14-31-15-27-21-20(28-29-22(21)24(31)33)16-2-6-18(26)7-3-16/h2-9,15,34H,10-14H2,1H3,(H,28,29). The summed E-state index contributed by atoms with van der Waals surface area (Å²) in [5.41, 5.74) is 0.713. The number of hydrogen-bond donors (Lipinski definition) is 2. The average molecular weight is 477 g/mol. The molecule has 2 aromatic carbocycles. The van der Waals surface area contributed by atoms with Crippen LogP contribution < -0.4 is 10.3 Å². The fourth-order valence-electron chi connectivity index (χ4n) is 4.37. The third kappa shape index (κ3) is 4.40. The number of benzene rings is 2. The summed E-state index contributed by atoms with van der Waals surface area (Å²) < 4.78 is 19.7. The van der Waals surface area contributed by atoms with Gasteiger partial charge in [-0.05, 0) is 61.4 Å². The second-order valence-corrected chi connectivity index (χ2v) is 8.73. The summed E-state index contributed by atoms with van der Waals surface area (Å²) in [5, 5.41) is 18.1. The van der Waals surface area contributed by atoms with Crippen LogP contribution in [0, 0.1) is 5.82 Å². The molecule has 5 rings (SSSR count). The summed E-state index contributed by atoms with van der Waals surface area (Å²) in [6.45, 7) is 0.777. The van der Waals surface area contributed by atoms with Crippen LogP contribution in [0.5, 0.6) is 5.75 Å². The molecule has 0 spiro atoms. The second-order valence-electron chi connectivity index (χ2n) is 8.73. The number of piperidine rings is 1. The molecule has 9 nitrogen and oxygen atoms in total. The first-order chi connectivity index (χ1) is 16.9. The van der Waals surface area contributed by atoms with Gasteiger partial charge < -0.3 is 14.7 Å². The van der Waals surface area contributed by atoms with Crippen LogP contribution in [-0.2, 0) is 6.54 Å². The van der Waals surface area contributed by atoms with Crippen LogP contribution in [0.25, 0.3) is 22.3 Å². The lowest BCUT2D eigenvalue weighted by Gasteiger charge is -2.38. The third-order valence-corrected chi connectivity index (χ3v) is 6.44. The Morgan fingerprint density at radius 3 is 2.49 bits per heavy atom. The van der Waals surface area contributed by atoms with Crippen LogP contribution in [0.2, 0.25) is 0 Å². The molecule has 1 amide bonds. The molecule has 0 aliphatic carbocycles. The molecular formula is C25H24FN5O4. The van der Waals surface area contributed by atoms with Gasteiger partial charge >= 0.3 is 0 Å². The molecule has 180 valence electrons. The number of fused-ring (bicyclic) bond motifs is 1. The number of aromatic nitrogens is 4. The molecule has 2 aromatic heterocycles. The molecule has 1 aliphatic heterocycles. The SMILES string of the molecule is COc1ccc(C(=O)N2CCC(O)(Cn3cnc4c(-c5ccc(F)cc5)n[nH]c4c3=O)CC2)cc1. The van der Waals surface area contributed by atoms with Crippen LogP contribution in [0.4, 0.5) is 4.39 Å². The molecule has 0 radical (unpaired) electrons. The van der Waals surface area contributed by atoms with Crippen molar-refractivity contribution in [1.29, 1.82) is 0 Å². The van der Waals surface area contributed by atoms with Gasteiger partial charge in [-0.3, -0.25) is 19.3 Å². The lowest BCUT2D eigenvalue weighted by Crippen LogP contribution is -2.49. The first-order valence-electron chi connectivity index (χ1n) is 11.2.